The molecule has 0 radical (unpaired) electrons. The van der Waals surface area contributed by atoms with Gasteiger partial charge in [-0.2, -0.15) is 0 Å². The number of carbonyl (C=O) groups excluding carboxylic acids is 1. The smallest absolute Gasteiger partial charge is 0.228 e. The lowest BCUT2D eigenvalue weighted by atomic mass is 10.00. The minimum atomic E-state index is -0.116. The van der Waals surface area contributed by atoms with E-state index in [0.29, 0.717) is 33.9 Å². The van der Waals surface area contributed by atoms with Crippen LogP contribution in [0.15, 0.2) is 23.4 Å². The van der Waals surface area contributed by atoms with Gasteiger partial charge in [-0.1, -0.05) is 48.0 Å². The van der Waals surface area contributed by atoms with Crippen molar-refractivity contribution in [3.05, 3.63) is 28.2 Å². The van der Waals surface area contributed by atoms with E-state index in [4.69, 9.17) is 23.2 Å². The molecular formula is C20H25Cl2N5OS. The quantitative estimate of drug-likeness (QED) is 0.577. The topological polar surface area (TPSA) is 63.1 Å². The first kappa shape index (κ1) is 20.8. The Kier molecular flexibility index (Phi) is 6.56. The molecule has 1 aromatic carbocycles. The molecule has 0 atom stereocenters. The largest absolute Gasteiger partial charge is 0.341 e. The van der Waals surface area contributed by atoms with E-state index < -0.39 is 0 Å². The molecular weight excluding hydrogens is 429 g/mol. The van der Waals surface area contributed by atoms with E-state index in [2.05, 4.69) is 31.9 Å². The SMILES string of the molecule is CC1CCN(c2nnc(SCCC(=O)Nc3c(Cl)cccc3Cl)n2C2CC2)CC1. The van der Waals surface area contributed by atoms with E-state index in [9.17, 15) is 4.79 Å². The summed E-state index contributed by atoms with van der Waals surface area (Å²) in [5.74, 6) is 2.28. The van der Waals surface area contributed by atoms with E-state index in [0.717, 1.165) is 30.1 Å². The van der Waals surface area contributed by atoms with E-state index in [1.54, 1.807) is 30.0 Å². The summed E-state index contributed by atoms with van der Waals surface area (Å²) in [5, 5.41) is 13.5. The molecule has 9 heteroatoms. The second-order valence-corrected chi connectivity index (χ2v) is 9.67. The number of hydrogen-bond acceptors (Lipinski definition) is 5. The summed E-state index contributed by atoms with van der Waals surface area (Å²) in [6.07, 6.45) is 5.10. The number of aromatic nitrogens is 3. The third-order valence-corrected chi connectivity index (χ3v) is 6.99. The summed E-state index contributed by atoms with van der Waals surface area (Å²) in [7, 11) is 0. The van der Waals surface area contributed by atoms with Gasteiger partial charge in [0.15, 0.2) is 5.16 Å². The summed E-state index contributed by atoms with van der Waals surface area (Å²) in [5.41, 5.74) is 0.466. The Bertz CT molecular complexity index is 858. The van der Waals surface area contributed by atoms with Crippen LogP contribution in [0.1, 0.15) is 45.1 Å². The van der Waals surface area contributed by atoms with Gasteiger partial charge in [0, 0.05) is 31.3 Å². The standard InChI is InChI=1S/C20H25Cl2N5OS/c1-13-7-10-26(11-8-13)19-24-25-20(27(19)14-5-6-14)29-12-9-17(28)23-18-15(21)3-2-4-16(18)22/h2-4,13-14H,5-12H2,1H3,(H,23,28). The molecule has 1 saturated carbocycles. The molecule has 2 aromatic rings. The van der Waals surface area contributed by atoms with E-state index in [1.807, 2.05) is 0 Å². The molecule has 2 heterocycles. The molecule has 2 fully saturated rings. The first-order chi connectivity index (χ1) is 14.0. The lowest BCUT2D eigenvalue weighted by molar-refractivity contribution is -0.115. The minimum absolute atomic E-state index is 0.116. The third-order valence-electron chi connectivity index (χ3n) is 5.41. The lowest BCUT2D eigenvalue weighted by Crippen LogP contribution is -2.34. The Morgan fingerprint density at radius 1 is 1.17 bits per heavy atom. The molecule has 2 aliphatic rings. The van der Waals surface area contributed by atoms with Crippen molar-refractivity contribution < 1.29 is 4.79 Å². The summed E-state index contributed by atoms with van der Waals surface area (Å²) in [6.45, 7) is 4.39. The predicted octanol–water partition coefficient (Wildman–Crippen LogP) is 5.28. The molecule has 1 N–H and O–H groups in total. The average Bonchev–Trinajstić information content (AvgIpc) is 3.45. The van der Waals surface area contributed by atoms with Crippen LogP contribution >= 0.6 is 35.0 Å². The molecule has 29 heavy (non-hydrogen) atoms. The highest BCUT2D eigenvalue weighted by Crippen LogP contribution is 2.41. The number of piperidine rings is 1. The number of thioether (sulfide) groups is 1. The summed E-state index contributed by atoms with van der Waals surface area (Å²) in [4.78, 5) is 14.7. The highest BCUT2D eigenvalue weighted by Gasteiger charge is 2.32. The van der Waals surface area contributed by atoms with Crippen LogP contribution in [0.2, 0.25) is 10.0 Å². The van der Waals surface area contributed by atoms with Crippen LogP contribution in [0.3, 0.4) is 0 Å². The first-order valence-corrected chi connectivity index (χ1v) is 11.8. The van der Waals surface area contributed by atoms with Crippen molar-refractivity contribution in [2.24, 2.45) is 5.92 Å². The number of nitrogens with zero attached hydrogens (tertiary/aromatic N) is 4. The zero-order chi connectivity index (χ0) is 20.4. The van der Waals surface area contributed by atoms with E-state index in [-0.39, 0.29) is 5.91 Å². The Morgan fingerprint density at radius 3 is 2.52 bits per heavy atom. The zero-order valence-electron chi connectivity index (χ0n) is 16.4. The number of para-hydroxylation sites is 1. The van der Waals surface area contributed by atoms with Gasteiger partial charge in [-0.05, 0) is 43.7 Å². The zero-order valence-corrected chi connectivity index (χ0v) is 18.7. The fraction of sp³-hybridized carbons (Fsp3) is 0.550. The van der Waals surface area contributed by atoms with Gasteiger partial charge in [0.2, 0.25) is 11.9 Å². The van der Waals surface area contributed by atoms with Gasteiger partial charge in [0.05, 0.1) is 15.7 Å². The molecule has 4 rings (SSSR count). The number of anilines is 2. The Morgan fingerprint density at radius 2 is 1.86 bits per heavy atom. The number of carbonyl (C=O) groups is 1. The van der Waals surface area contributed by atoms with Crippen molar-refractivity contribution in [3.8, 4) is 0 Å². The summed E-state index contributed by atoms with van der Waals surface area (Å²) < 4.78 is 2.28. The Hall–Kier alpha value is -1.44. The highest BCUT2D eigenvalue weighted by atomic mass is 35.5. The monoisotopic (exact) mass is 453 g/mol. The number of hydrogen-bond donors (Lipinski definition) is 1. The van der Waals surface area contributed by atoms with Crippen molar-refractivity contribution in [3.63, 3.8) is 0 Å². The maximum absolute atomic E-state index is 12.3. The van der Waals surface area contributed by atoms with Crippen LogP contribution in [0, 0.1) is 5.92 Å². The molecule has 0 spiro atoms. The van der Waals surface area contributed by atoms with Crippen LogP contribution < -0.4 is 10.2 Å². The number of benzene rings is 1. The number of halogens is 2. The van der Waals surface area contributed by atoms with Crippen LogP contribution in [0.25, 0.3) is 0 Å². The second kappa shape index (κ2) is 9.14. The van der Waals surface area contributed by atoms with E-state index in [1.165, 1.54) is 25.7 Å². The van der Waals surface area contributed by atoms with Crippen LogP contribution in [-0.4, -0.2) is 39.5 Å². The van der Waals surface area contributed by atoms with Crippen molar-refractivity contribution in [2.75, 3.05) is 29.1 Å². The molecule has 156 valence electrons. The fourth-order valence-electron chi connectivity index (χ4n) is 3.50. The molecule has 0 unspecified atom stereocenters. The Balaban J connectivity index is 1.36. The van der Waals surface area contributed by atoms with Crippen molar-refractivity contribution in [1.82, 2.24) is 14.8 Å². The molecule has 1 aromatic heterocycles. The number of nitrogens with one attached hydrogen (secondary N) is 1. The van der Waals surface area contributed by atoms with Gasteiger partial charge in [-0.3, -0.25) is 9.36 Å². The number of rotatable bonds is 7. The molecule has 1 amide bonds. The van der Waals surface area contributed by atoms with Crippen molar-refractivity contribution >= 4 is 52.5 Å². The summed E-state index contributed by atoms with van der Waals surface area (Å²) >= 11 is 13.8. The Labute approximate surface area is 185 Å². The lowest BCUT2D eigenvalue weighted by Gasteiger charge is -2.31. The first-order valence-electron chi connectivity index (χ1n) is 10.1. The van der Waals surface area contributed by atoms with Crippen LogP contribution in [0.5, 0.6) is 0 Å². The summed E-state index contributed by atoms with van der Waals surface area (Å²) in [6, 6.07) is 5.66. The molecule has 1 aliphatic heterocycles. The maximum Gasteiger partial charge on any atom is 0.228 e. The second-order valence-electron chi connectivity index (χ2n) is 7.80. The highest BCUT2D eigenvalue weighted by molar-refractivity contribution is 7.99. The maximum atomic E-state index is 12.3. The van der Waals surface area contributed by atoms with Crippen molar-refractivity contribution in [1.29, 1.82) is 0 Å². The molecule has 6 nitrogen and oxygen atoms in total. The minimum Gasteiger partial charge on any atom is -0.341 e. The molecule has 0 bridgehead atoms. The van der Waals surface area contributed by atoms with Gasteiger partial charge < -0.3 is 10.2 Å². The average molecular weight is 454 g/mol. The molecule has 1 aliphatic carbocycles. The van der Waals surface area contributed by atoms with Gasteiger partial charge in [-0.25, -0.2) is 0 Å². The predicted molar refractivity (Wildman–Crippen MR) is 119 cm³/mol. The van der Waals surface area contributed by atoms with E-state index >= 15 is 0 Å². The van der Waals surface area contributed by atoms with Crippen LogP contribution in [0.4, 0.5) is 11.6 Å². The van der Waals surface area contributed by atoms with Gasteiger partial charge in [-0.15, -0.1) is 10.2 Å². The van der Waals surface area contributed by atoms with Gasteiger partial charge in [0.1, 0.15) is 0 Å². The van der Waals surface area contributed by atoms with Gasteiger partial charge in [0.25, 0.3) is 0 Å². The molecule has 1 saturated heterocycles. The normalized spacial score (nSPS) is 17.6. The van der Waals surface area contributed by atoms with Crippen molar-refractivity contribution in [2.45, 2.75) is 50.2 Å². The van der Waals surface area contributed by atoms with Gasteiger partial charge >= 0.3 is 0 Å². The number of amides is 1. The van der Waals surface area contributed by atoms with Crippen LogP contribution in [-0.2, 0) is 4.79 Å². The third kappa shape index (κ3) is 5.01. The fourth-order valence-corrected chi connectivity index (χ4v) is 4.93.